The van der Waals surface area contributed by atoms with Crippen molar-refractivity contribution < 1.29 is 27.4 Å². The molecule has 0 unspecified atom stereocenters. The fourth-order valence-corrected chi connectivity index (χ4v) is 5.17. The summed E-state index contributed by atoms with van der Waals surface area (Å²) in [6.07, 6.45) is -1.51. The van der Waals surface area contributed by atoms with Crippen LogP contribution in [0.15, 0.2) is 40.2 Å². The van der Waals surface area contributed by atoms with Gasteiger partial charge in [0.15, 0.2) is 0 Å². The highest BCUT2D eigenvalue weighted by Crippen LogP contribution is 2.37. The molecule has 1 aromatic heterocycles. The van der Waals surface area contributed by atoms with E-state index in [-0.39, 0.29) is 23.8 Å². The van der Waals surface area contributed by atoms with Crippen molar-refractivity contribution in [3.05, 3.63) is 57.5 Å². The lowest BCUT2D eigenvalue weighted by Gasteiger charge is -2.22. The molecule has 4 rings (SSSR count). The van der Waals surface area contributed by atoms with E-state index in [0.29, 0.717) is 53.0 Å². The van der Waals surface area contributed by atoms with Crippen molar-refractivity contribution >= 4 is 17.7 Å². The number of alkyl halides is 3. The Hall–Kier alpha value is -2.50. The van der Waals surface area contributed by atoms with Crippen molar-refractivity contribution in [3.8, 4) is 5.75 Å². The minimum atomic E-state index is -4.78. The molecule has 1 saturated heterocycles. The molecule has 3 N–H and O–H groups in total. The predicted molar refractivity (Wildman–Crippen MR) is 116 cm³/mol. The maximum Gasteiger partial charge on any atom is 0.573 e. The van der Waals surface area contributed by atoms with E-state index in [1.807, 2.05) is 0 Å². The van der Waals surface area contributed by atoms with Gasteiger partial charge >= 0.3 is 6.36 Å². The summed E-state index contributed by atoms with van der Waals surface area (Å²) in [6, 6.07) is 4.77. The number of aromatic nitrogens is 1. The van der Waals surface area contributed by atoms with Crippen LogP contribution in [0.4, 0.5) is 13.2 Å². The van der Waals surface area contributed by atoms with Crippen LogP contribution in [0.1, 0.15) is 40.4 Å². The second-order valence-electron chi connectivity index (χ2n) is 8.09. The van der Waals surface area contributed by atoms with Gasteiger partial charge in [0.05, 0.1) is 12.1 Å². The average Bonchev–Trinajstić information content (AvgIpc) is 3.17. The van der Waals surface area contributed by atoms with Crippen LogP contribution < -0.4 is 21.3 Å². The van der Waals surface area contributed by atoms with E-state index < -0.39 is 12.4 Å². The Kier molecular flexibility index (Phi) is 7.01. The van der Waals surface area contributed by atoms with E-state index in [2.05, 4.69) is 10.1 Å². The summed E-state index contributed by atoms with van der Waals surface area (Å²) in [6.45, 7) is 1.96. The van der Waals surface area contributed by atoms with Crippen molar-refractivity contribution in [1.29, 1.82) is 0 Å². The second kappa shape index (κ2) is 9.78. The van der Waals surface area contributed by atoms with Gasteiger partial charge in [-0.05, 0) is 36.5 Å². The standard InChI is InChI=1S/C22H24F3N3O4S/c23-22(24,25)32-15-3-1-14(2-4-15)10-28-11-16(19-18(21(28)30)17(26)12-33-19)20(29)27-9-13-5-7-31-8-6-13/h1-4,11,13,17H,5-10,12,26H2,(H,27,29)/t17-/m0/s1. The summed E-state index contributed by atoms with van der Waals surface area (Å²) in [5, 5.41) is 2.97. The lowest BCUT2D eigenvalue weighted by Crippen LogP contribution is -2.34. The SMILES string of the molecule is N[C@H]1CSc2c(C(=O)NCC3CCOCC3)cn(Cc3ccc(OC(F)(F)F)cc3)c(=O)c21. The number of ether oxygens (including phenoxy) is 2. The third-order valence-corrected chi connectivity index (χ3v) is 6.94. The number of carbonyl (C=O) groups is 1. The number of halogens is 3. The summed E-state index contributed by atoms with van der Waals surface area (Å²) in [4.78, 5) is 26.7. The van der Waals surface area contributed by atoms with Gasteiger partial charge in [-0.1, -0.05) is 12.1 Å². The van der Waals surface area contributed by atoms with E-state index in [4.69, 9.17) is 10.5 Å². The fourth-order valence-electron chi connectivity index (χ4n) is 3.96. The van der Waals surface area contributed by atoms with Gasteiger partial charge < -0.3 is 25.1 Å². The highest BCUT2D eigenvalue weighted by atomic mass is 32.2. The van der Waals surface area contributed by atoms with E-state index in [1.165, 1.54) is 46.8 Å². The quantitative estimate of drug-likeness (QED) is 0.656. The molecule has 178 valence electrons. The fraction of sp³-hybridized carbons (Fsp3) is 0.455. The maximum atomic E-state index is 13.1. The zero-order valence-corrected chi connectivity index (χ0v) is 18.5. The van der Waals surface area contributed by atoms with Crippen LogP contribution in [0.2, 0.25) is 0 Å². The molecule has 1 amide bonds. The monoisotopic (exact) mass is 483 g/mol. The molecule has 0 aliphatic carbocycles. The minimum absolute atomic E-state index is 0.0794. The van der Waals surface area contributed by atoms with Gasteiger partial charge in [-0.3, -0.25) is 9.59 Å². The average molecular weight is 484 g/mol. The molecule has 7 nitrogen and oxygen atoms in total. The molecule has 1 aromatic carbocycles. The van der Waals surface area contributed by atoms with Crippen LogP contribution in [-0.4, -0.2) is 42.3 Å². The lowest BCUT2D eigenvalue weighted by atomic mass is 10.0. The molecule has 1 atom stereocenters. The zero-order valence-electron chi connectivity index (χ0n) is 17.7. The number of carbonyl (C=O) groups excluding carboxylic acids is 1. The van der Waals surface area contributed by atoms with Crippen LogP contribution in [0.5, 0.6) is 5.75 Å². The van der Waals surface area contributed by atoms with E-state index in [0.717, 1.165) is 12.8 Å². The number of nitrogens with two attached hydrogens (primary N) is 1. The molecule has 3 heterocycles. The number of rotatable bonds is 6. The Balaban J connectivity index is 1.56. The van der Waals surface area contributed by atoms with Crippen molar-refractivity contribution in [2.24, 2.45) is 11.7 Å². The predicted octanol–water partition coefficient (Wildman–Crippen LogP) is 3.06. The molecular weight excluding hydrogens is 459 g/mol. The Bertz CT molecular complexity index is 1070. The number of nitrogens with one attached hydrogen (secondary N) is 1. The van der Waals surface area contributed by atoms with Crippen molar-refractivity contribution in [1.82, 2.24) is 9.88 Å². The van der Waals surface area contributed by atoms with Gasteiger partial charge in [0.1, 0.15) is 5.75 Å². The summed E-state index contributed by atoms with van der Waals surface area (Å²) in [5.74, 6) is 0.216. The number of hydrogen-bond donors (Lipinski definition) is 2. The highest BCUT2D eigenvalue weighted by Gasteiger charge is 2.31. The van der Waals surface area contributed by atoms with Gasteiger partial charge in [0.2, 0.25) is 0 Å². The molecule has 0 radical (unpaired) electrons. The smallest absolute Gasteiger partial charge is 0.406 e. The Morgan fingerprint density at radius 1 is 1.24 bits per heavy atom. The first-order valence-corrected chi connectivity index (χ1v) is 11.6. The summed E-state index contributed by atoms with van der Waals surface area (Å²) in [5.41, 5.74) is 7.20. The highest BCUT2D eigenvalue weighted by molar-refractivity contribution is 7.99. The molecule has 0 saturated carbocycles. The molecular formula is C22H24F3N3O4S. The van der Waals surface area contributed by atoms with Crippen LogP contribution >= 0.6 is 11.8 Å². The molecule has 2 aliphatic rings. The first-order chi connectivity index (χ1) is 15.7. The topological polar surface area (TPSA) is 95.6 Å². The van der Waals surface area contributed by atoms with Crippen LogP contribution in [0, 0.1) is 5.92 Å². The third-order valence-electron chi connectivity index (χ3n) is 5.69. The molecule has 2 aromatic rings. The first kappa shape index (κ1) is 23.7. The van der Waals surface area contributed by atoms with Crippen LogP contribution in [0.3, 0.4) is 0 Å². The minimum Gasteiger partial charge on any atom is -0.406 e. The number of nitrogens with zero attached hydrogens (tertiary/aromatic N) is 1. The Morgan fingerprint density at radius 3 is 2.61 bits per heavy atom. The molecule has 1 fully saturated rings. The Morgan fingerprint density at radius 2 is 1.94 bits per heavy atom. The molecule has 33 heavy (non-hydrogen) atoms. The van der Waals surface area contributed by atoms with Crippen molar-refractivity contribution in [2.75, 3.05) is 25.5 Å². The largest absolute Gasteiger partial charge is 0.573 e. The van der Waals surface area contributed by atoms with E-state index >= 15 is 0 Å². The number of pyridine rings is 1. The molecule has 11 heteroatoms. The summed E-state index contributed by atoms with van der Waals surface area (Å²) in [7, 11) is 0. The summed E-state index contributed by atoms with van der Waals surface area (Å²) < 4.78 is 47.8. The molecule has 0 bridgehead atoms. The third kappa shape index (κ3) is 5.71. The van der Waals surface area contributed by atoms with Gasteiger partial charge in [0, 0.05) is 48.2 Å². The number of amides is 1. The lowest BCUT2D eigenvalue weighted by molar-refractivity contribution is -0.274. The van der Waals surface area contributed by atoms with Crippen molar-refractivity contribution in [3.63, 3.8) is 0 Å². The maximum absolute atomic E-state index is 13.1. The van der Waals surface area contributed by atoms with Crippen LogP contribution in [0.25, 0.3) is 0 Å². The van der Waals surface area contributed by atoms with Crippen molar-refractivity contribution in [2.45, 2.75) is 36.7 Å². The Labute approximate surface area is 192 Å². The van der Waals surface area contributed by atoms with E-state index in [9.17, 15) is 22.8 Å². The number of thioether (sulfide) groups is 1. The van der Waals surface area contributed by atoms with Gasteiger partial charge in [-0.15, -0.1) is 24.9 Å². The number of fused-ring (bicyclic) bond motifs is 1. The number of benzene rings is 1. The summed E-state index contributed by atoms with van der Waals surface area (Å²) >= 11 is 1.39. The van der Waals surface area contributed by atoms with Gasteiger partial charge in [-0.25, -0.2) is 0 Å². The molecule has 2 aliphatic heterocycles. The second-order valence-corrected chi connectivity index (χ2v) is 9.12. The normalized spacial score (nSPS) is 18.7. The van der Waals surface area contributed by atoms with E-state index in [1.54, 1.807) is 0 Å². The first-order valence-electron chi connectivity index (χ1n) is 10.6. The van der Waals surface area contributed by atoms with Gasteiger partial charge in [-0.2, -0.15) is 0 Å². The molecule has 0 spiro atoms. The zero-order chi connectivity index (χ0) is 23.6. The van der Waals surface area contributed by atoms with Gasteiger partial charge in [0.25, 0.3) is 11.5 Å². The van der Waals surface area contributed by atoms with Crippen LogP contribution in [-0.2, 0) is 11.3 Å². The number of hydrogen-bond acceptors (Lipinski definition) is 6.